The molecular weight excluding hydrogens is 1300 g/mol. The van der Waals surface area contributed by atoms with Gasteiger partial charge in [0.2, 0.25) is 5.91 Å². The van der Waals surface area contributed by atoms with E-state index in [4.69, 9.17) is 49.1 Å². The van der Waals surface area contributed by atoms with Crippen LogP contribution in [0, 0.1) is 0 Å². The fourth-order valence-electron chi connectivity index (χ4n) is 11.5. The van der Waals surface area contributed by atoms with Gasteiger partial charge in [-0.2, -0.15) is 4.73 Å². The number of nitrogens with zero attached hydrogens (tertiary/aromatic N) is 8. The Hall–Kier alpha value is -8.26. The zero-order valence-electron chi connectivity index (χ0n) is 49.8. The Morgan fingerprint density at radius 2 is 1.52 bits per heavy atom. The third-order valence-corrected chi connectivity index (χ3v) is 20.3. The van der Waals surface area contributed by atoms with E-state index < -0.39 is 122 Å². The first kappa shape index (κ1) is 63.9. The summed E-state index contributed by atoms with van der Waals surface area (Å²) < 4.78 is 38.2. The van der Waals surface area contributed by atoms with E-state index in [1.54, 1.807) is 55.7 Å². The van der Waals surface area contributed by atoms with Gasteiger partial charge in [0.25, 0.3) is 17.7 Å². The third kappa shape index (κ3) is 12.2. The molecule has 29 nitrogen and oxygen atoms in total. The molecule has 0 saturated carbocycles. The number of nitrogens with one attached hydrogen (secondary N) is 4. The van der Waals surface area contributed by atoms with E-state index in [1.165, 1.54) is 60.6 Å². The molecule has 92 heavy (non-hydrogen) atoms. The summed E-state index contributed by atoms with van der Waals surface area (Å²) in [6, 6.07) is 1.01. The summed E-state index contributed by atoms with van der Waals surface area (Å²) >= 11 is 4.95. The topological polar surface area (TPSA) is 398 Å². The van der Waals surface area contributed by atoms with Crippen molar-refractivity contribution >= 4 is 109 Å². The molecule has 4 aliphatic heterocycles. The Labute approximate surface area is 542 Å². The second-order valence-corrected chi connectivity index (χ2v) is 26.7. The molecule has 12 bridgehead atoms. The number of fused-ring (bicyclic) bond motifs is 15. The highest BCUT2D eigenvalue weighted by atomic mass is 32.1. The van der Waals surface area contributed by atoms with Gasteiger partial charge in [-0.3, -0.25) is 19.2 Å². The molecule has 1 fully saturated rings. The number of nitrogens with two attached hydrogens (primary N) is 1. The number of hydrogen-bond acceptors (Lipinski definition) is 29. The second-order valence-electron chi connectivity index (χ2n) is 22.3. The standard InChI is InChI=1S/C58H59N13O16S5/c1-22(72)38-50(77)68-39(23(2)82-7)53-64-33(21-91-53)49(76)69-42-44-45(87-36-12-58(4,80)46(70(5)6)24(3)86-36)57(79)84-14-25-9-8-10-34-37(25)28(15-83-44)43(71(34)81)56(78)85-16-29(61-47(74)31-20-92-55(42)65-31)52-62-30(18-90-52)40-27(51-63-32(19-89-51)48(75)67-38)11-35(73)41(66-40)54-60-26(13-59)17-88-54/h8-11,17-22,24,29,36,38,42,44-46,72-73,80-81H,12-16,59H2,1-7H3,(H,61,74)(H,67,75)(H,68,77)(H,69,76)/b39-23+/t22-,24+,29+,36+,38+,42+,44+,45+,46?,58+/m1/s1. The molecular formula is C58H59N13O16S5. The first-order chi connectivity index (χ1) is 44.0. The summed E-state index contributed by atoms with van der Waals surface area (Å²) in [7, 11) is 4.88. The van der Waals surface area contributed by atoms with Gasteiger partial charge in [-0.1, -0.05) is 12.1 Å². The van der Waals surface area contributed by atoms with Crippen LogP contribution in [0.1, 0.15) is 120 Å². The Morgan fingerprint density at radius 1 is 0.848 bits per heavy atom. The second kappa shape index (κ2) is 25.7. The highest BCUT2D eigenvalue weighted by molar-refractivity contribution is 7.14. The number of thiazole rings is 5. The highest BCUT2D eigenvalue weighted by Gasteiger charge is 2.50. The number of carbonyl (C=O) groups excluding carboxylic acids is 6. The predicted molar refractivity (Wildman–Crippen MR) is 332 cm³/mol. The summed E-state index contributed by atoms with van der Waals surface area (Å²) in [6.07, 6.45) is -7.38. The van der Waals surface area contributed by atoms with Crippen LogP contribution in [0.4, 0.5) is 0 Å². The van der Waals surface area contributed by atoms with E-state index in [1.807, 2.05) is 0 Å². The van der Waals surface area contributed by atoms with Crippen molar-refractivity contribution < 1.29 is 77.7 Å². The number of aromatic hydroxyl groups is 1. The van der Waals surface area contributed by atoms with E-state index in [0.717, 1.165) is 45.3 Å². The van der Waals surface area contributed by atoms with Crippen molar-refractivity contribution in [2.24, 2.45) is 5.73 Å². The summed E-state index contributed by atoms with van der Waals surface area (Å²) in [5, 5.41) is 66.1. The molecule has 4 aliphatic rings. The SMILES string of the molecule is CO/C(C)=C1/NC(=O)[C@H]([C@@H](C)O)NC(=O)c2csc(n2)-c2cc(O)c(-c3nc(CN)cs3)nc2-c2csc(n2)[C@@H]2COC(=O)c3c4c5c(cccc5n3O)COC(=O)[C@@H](O[C@H]3C[C@](C)(O)C(N(C)C)[C@H](C)O3)[C@@H](OC4)[C@H](NC(=O)c3csc1n3)c1nc(cs1)C(=O)N2. The summed E-state index contributed by atoms with van der Waals surface area (Å²) in [5.41, 5.74) is 4.71. The minimum absolute atomic E-state index is 0.0103. The molecule has 1 saturated heterocycles. The van der Waals surface area contributed by atoms with Crippen LogP contribution in [-0.4, -0.2) is 172 Å². The molecule has 34 heteroatoms. The normalized spacial score (nSPS) is 25.0. The Bertz CT molecular complexity index is 4260. The first-order valence-electron chi connectivity index (χ1n) is 28.4. The minimum atomic E-state index is -1.89. The van der Waals surface area contributed by atoms with Crippen LogP contribution in [0.2, 0.25) is 0 Å². The molecule has 1 unspecified atom stereocenters. The Balaban J connectivity index is 1.05. The average molecular weight is 1350 g/mol. The molecule has 8 aromatic rings. The Morgan fingerprint density at radius 3 is 2.24 bits per heavy atom. The number of likely N-dealkylation sites (N-methyl/N-ethyl adjacent to an activating group) is 1. The molecule has 482 valence electrons. The van der Waals surface area contributed by atoms with Gasteiger partial charge in [-0.15, -0.1) is 56.7 Å². The number of allylic oxidation sites excluding steroid dienone is 1. The zero-order chi connectivity index (χ0) is 65.2. The molecule has 10 N–H and O–H groups in total. The molecule has 11 heterocycles. The van der Waals surface area contributed by atoms with Gasteiger partial charge in [-0.05, 0) is 59.5 Å². The number of cyclic esters (lactones) is 2. The molecule has 12 rings (SSSR count). The number of pyridine rings is 1. The molecule has 4 amide bonds. The maximum absolute atomic E-state index is 15.1. The minimum Gasteiger partial charge on any atom is -0.506 e. The molecule has 1 aromatic carbocycles. The highest BCUT2D eigenvalue weighted by Crippen LogP contribution is 2.43. The van der Waals surface area contributed by atoms with E-state index in [-0.39, 0.29) is 106 Å². The van der Waals surface area contributed by atoms with Gasteiger partial charge in [0.15, 0.2) is 18.1 Å². The van der Waals surface area contributed by atoms with Crippen molar-refractivity contribution in [3.8, 4) is 38.4 Å². The molecule has 7 aromatic heterocycles. The van der Waals surface area contributed by atoms with Crippen LogP contribution in [0.3, 0.4) is 0 Å². The van der Waals surface area contributed by atoms with Crippen molar-refractivity contribution in [2.75, 3.05) is 27.8 Å². The van der Waals surface area contributed by atoms with Crippen LogP contribution in [-0.2, 0) is 57.8 Å². The third-order valence-electron chi connectivity index (χ3n) is 15.8. The molecule has 0 radical (unpaired) electrons. The van der Waals surface area contributed by atoms with Gasteiger partial charge in [0.1, 0.15) is 114 Å². The number of amides is 4. The lowest BCUT2D eigenvalue weighted by Gasteiger charge is -2.48. The molecule has 0 spiro atoms. The Kier molecular flexibility index (Phi) is 17.8. The van der Waals surface area contributed by atoms with Gasteiger partial charge in [0.05, 0.1) is 48.8 Å². The van der Waals surface area contributed by atoms with Crippen molar-refractivity contribution in [1.82, 2.24) is 60.8 Å². The van der Waals surface area contributed by atoms with Crippen LogP contribution in [0.25, 0.3) is 49.3 Å². The summed E-state index contributed by atoms with van der Waals surface area (Å²) in [6.45, 7) is 4.54. The number of aromatic nitrogens is 7. The van der Waals surface area contributed by atoms with Crippen molar-refractivity contribution in [2.45, 2.75) is 114 Å². The smallest absolute Gasteiger partial charge is 0.358 e. The van der Waals surface area contributed by atoms with E-state index in [9.17, 15) is 39.7 Å². The lowest BCUT2D eigenvalue weighted by Crippen LogP contribution is -2.62. The van der Waals surface area contributed by atoms with E-state index in [2.05, 4.69) is 36.2 Å². The monoisotopic (exact) mass is 1350 g/mol. The van der Waals surface area contributed by atoms with Gasteiger partial charge in [-0.25, -0.2) is 39.5 Å². The maximum Gasteiger partial charge on any atom is 0.358 e. The first-order valence-corrected chi connectivity index (χ1v) is 32.8. The summed E-state index contributed by atoms with van der Waals surface area (Å²) in [4.78, 5) is 119. The van der Waals surface area contributed by atoms with Crippen LogP contribution >= 0.6 is 56.7 Å². The van der Waals surface area contributed by atoms with Gasteiger partial charge in [0, 0.05) is 56.4 Å². The lowest BCUT2D eigenvalue weighted by molar-refractivity contribution is -0.280. The van der Waals surface area contributed by atoms with Gasteiger partial charge < -0.3 is 80.8 Å². The van der Waals surface area contributed by atoms with E-state index in [0.29, 0.717) is 21.0 Å². The van der Waals surface area contributed by atoms with Crippen molar-refractivity contribution in [3.05, 3.63) is 112 Å². The maximum atomic E-state index is 15.1. The lowest BCUT2D eigenvalue weighted by atomic mass is 9.85. The van der Waals surface area contributed by atoms with Crippen molar-refractivity contribution in [1.29, 1.82) is 0 Å². The quantitative estimate of drug-likeness (QED) is 0.0597. The summed E-state index contributed by atoms with van der Waals surface area (Å²) in [5.74, 6) is -5.96. The number of aliphatic hydroxyl groups is 2. The number of hydrogen-bond donors (Lipinski definition) is 9. The van der Waals surface area contributed by atoms with E-state index >= 15 is 9.59 Å². The number of ether oxygens (including phenoxy) is 6. The predicted octanol–water partition coefficient (Wildman–Crippen LogP) is 4.62. The van der Waals surface area contributed by atoms with Crippen LogP contribution in [0.15, 0.2) is 56.9 Å². The van der Waals surface area contributed by atoms with Crippen LogP contribution < -0.4 is 27.0 Å². The number of methoxy groups -OCH3 is 1. The molecule has 0 aliphatic carbocycles. The number of aliphatic hydroxyl groups excluding tert-OH is 1. The molecule has 10 atom stereocenters. The largest absolute Gasteiger partial charge is 0.506 e. The fraction of sp³-hybridized carbons (Fsp3) is 0.379. The zero-order valence-corrected chi connectivity index (χ0v) is 53.9. The average Bonchev–Trinajstić information content (AvgIpc) is 1.56. The number of rotatable bonds is 7. The number of carbonyl (C=O) groups is 6. The fourth-order valence-corrected chi connectivity index (χ4v) is 15.7. The van der Waals surface area contributed by atoms with Gasteiger partial charge >= 0.3 is 11.9 Å². The van der Waals surface area contributed by atoms with Crippen molar-refractivity contribution in [3.63, 3.8) is 0 Å². The van der Waals surface area contributed by atoms with Crippen LogP contribution in [0.5, 0.6) is 5.75 Å². The number of esters is 2. The number of benzene rings is 1.